The zero-order valence-electron chi connectivity index (χ0n) is 14.0. The Morgan fingerprint density at radius 2 is 2.17 bits per heavy atom. The van der Waals surface area contributed by atoms with Gasteiger partial charge >= 0.3 is 0 Å². The van der Waals surface area contributed by atoms with Crippen LogP contribution in [0.4, 0.5) is 5.82 Å². The van der Waals surface area contributed by atoms with Gasteiger partial charge in [0.25, 0.3) is 5.91 Å². The van der Waals surface area contributed by atoms with Crippen molar-refractivity contribution in [1.29, 1.82) is 0 Å². The molecule has 0 aliphatic heterocycles. The number of allylic oxidation sites excluding steroid dienone is 4. The van der Waals surface area contributed by atoms with E-state index in [1.807, 2.05) is 13.0 Å². The molecule has 23 heavy (non-hydrogen) atoms. The maximum absolute atomic E-state index is 11.1. The molecule has 0 radical (unpaired) electrons. The van der Waals surface area contributed by atoms with Gasteiger partial charge in [-0.05, 0) is 32.3 Å². The third-order valence-electron chi connectivity index (χ3n) is 3.57. The van der Waals surface area contributed by atoms with Crippen LogP contribution in [0, 0.1) is 5.92 Å². The lowest BCUT2D eigenvalue weighted by atomic mass is 9.99. The van der Waals surface area contributed by atoms with Gasteiger partial charge in [0.2, 0.25) is 0 Å². The minimum atomic E-state index is -0.593. The van der Waals surface area contributed by atoms with E-state index in [0.29, 0.717) is 11.7 Å². The van der Waals surface area contributed by atoms with Gasteiger partial charge < -0.3 is 15.8 Å². The third-order valence-corrected chi connectivity index (χ3v) is 3.89. The minimum absolute atomic E-state index is 0.210. The summed E-state index contributed by atoms with van der Waals surface area (Å²) in [6.45, 7) is 6.95. The smallest absolute Gasteiger partial charge is 0.251 e. The van der Waals surface area contributed by atoms with E-state index in [2.05, 4.69) is 30.2 Å². The SMILES string of the molecule is COCCC(C)/C(C)=C/C=C(\C)Nc1cc(Cl)c(C(N)=O)cn1. The predicted octanol–water partition coefficient (Wildman–Crippen LogP) is 3.77. The number of primary amides is 1. The average molecular weight is 338 g/mol. The summed E-state index contributed by atoms with van der Waals surface area (Å²) < 4.78 is 5.10. The summed E-state index contributed by atoms with van der Waals surface area (Å²) in [5.74, 6) is 0.429. The van der Waals surface area contributed by atoms with Crippen LogP contribution >= 0.6 is 11.6 Å². The second kappa shape index (κ2) is 9.33. The van der Waals surface area contributed by atoms with Crippen molar-refractivity contribution in [3.8, 4) is 0 Å². The number of aromatic nitrogens is 1. The highest BCUT2D eigenvalue weighted by molar-refractivity contribution is 6.33. The molecule has 1 unspecified atom stereocenters. The van der Waals surface area contributed by atoms with E-state index in [1.165, 1.54) is 11.8 Å². The van der Waals surface area contributed by atoms with Crippen molar-refractivity contribution in [3.05, 3.63) is 46.3 Å². The fraction of sp³-hybridized carbons (Fsp3) is 0.412. The number of hydrogen-bond acceptors (Lipinski definition) is 4. The van der Waals surface area contributed by atoms with Crippen LogP contribution in [0.5, 0.6) is 0 Å². The lowest BCUT2D eigenvalue weighted by Gasteiger charge is -2.11. The molecule has 1 aromatic rings. The zero-order valence-corrected chi connectivity index (χ0v) is 14.8. The normalized spacial score (nSPS) is 13.8. The maximum Gasteiger partial charge on any atom is 0.251 e. The summed E-state index contributed by atoms with van der Waals surface area (Å²) in [7, 11) is 1.71. The molecule has 5 nitrogen and oxygen atoms in total. The van der Waals surface area contributed by atoms with Gasteiger partial charge in [-0.2, -0.15) is 0 Å². The van der Waals surface area contributed by atoms with Crippen LogP contribution in [-0.2, 0) is 4.74 Å². The second-order valence-corrected chi connectivity index (χ2v) is 5.89. The molecule has 1 rings (SSSR count). The summed E-state index contributed by atoms with van der Waals surface area (Å²) in [5.41, 5.74) is 7.60. The second-order valence-electron chi connectivity index (χ2n) is 5.48. The Morgan fingerprint density at radius 3 is 2.74 bits per heavy atom. The van der Waals surface area contributed by atoms with Gasteiger partial charge in [-0.25, -0.2) is 4.98 Å². The molecule has 126 valence electrons. The summed E-state index contributed by atoms with van der Waals surface area (Å²) in [6.07, 6.45) is 6.41. The molecule has 0 aliphatic rings. The number of ether oxygens (including phenoxy) is 1. The van der Waals surface area contributed by atoms with Gasteiger partial charge in [0, 0.05) is 31.7 Å². The molecular formula is C17H24ClN3O2. The van der Waals surface area contributed by atoms with Crippen LogP contribution in [-0.4, -0.2) is 24.6 Å². The fourth-order valence-corrected chi connectivity index (χ4v) is 2.11. The molecule has 0 aliphatic carbocycles. The van der Waals surface area contributed by atoms with Crippen LogP contribution in [0.1, 0.15) is 37.6 Å². The van der Waals surface area contributed by atoms with E-state index in [0.717, 1.165) is 18.7 Å². The summed E-state index contributed by atoms with van der Waals surface area (Å²) >= 11 is 6.00. The van der Waals surface area contributed by atoms with Crippen LogP contribution in [0.15, 0.2) is 35.7 Å². The number of amides is 1. The summed E-state index contributed by atoms with van der Waals surface area (Å²) in [6, 6.07) is 1.58. The molecule has 0 saturated carbocycles. The number of nitrogens with one attached hydrogen (secondary N) is 1. The van der Waals surface area contributed by atoms with Crippen molar-refractivity contribution >= 4 is 23.3 Å². The molecule has 1 aromatic heterocycles. The lowest BCUT2D eigenvalue weighted by molar-refractivity contribution is 0.1000. The van der Waals surface area contributed by atoms with Gasteiger partial charge in [0.1, 0.15) is 5.82 Å². The van der Waals surface area contributed by atoms with Crippen LogP contribution < -0.4 is 11.1 Å². The number of halogens is 1. The number of anilines is 1. The van der Waals surface area contributed by atoms with Crippen molar-refractivity contribution in [2.24, 2.45) is 11.7 Å². The van der Waals surface area contributed by atoms with Crippen molar-refractivity contribution in [2.75, 3.05) is 19.0 Å². The average Bonchev–Trinajstić information content (AvgIpc) is 2.49. The Bertz CT molecular complexity index is 612. The first-order valence-electron chi connectivity index (χ1n) is 7.41. The number of hydrogen-bond donors (Lipinski definition) is 2. The number of rotatable bonds is 8. The summed E-state index contributed by atoms with van der Waals surface area (Å²) in [5, 5.41) is 3.41. The highest BCUT2D eigenvalue weighted by atomic mass is 35.5. The molecule has 0 bridgehead atoms. The quantitative estimate of drug-likeness (QED) is 0.708. The molecular weight excluding hydrogens is 314 g/mol. The van der Waals surface area contributed by atoms with Crippen molar-refractivity contribution in [1.82, 2.24) is 4.98 Å². The van der Waals surface area contributed by atoms with Crippen molar-refractivity contribution in [2.45, 2.75) is 27.2 Å². The molecule has 6 heteroatoms. The number of nitrogens with zero attached hydrogens (tertiary/aromatic N) is 1. The maximum atomic E-state index is 11.1. The Labute approximate surface area is 142 Å². The standard InChI is InChI=1S/C17H24ClN3O2/c1-11(12(2)7-8-23-4)5-6-13(3)21-16-9-15(18)14(10-20-16)17(19)22/h5-6,9-10,12H,7-8H2,1-4H3,(H2,19,22)(H,20,21)/b11-5+,13-6+. The molecule has 0 aromatic carbocycles. The Balaban J connectivity index is 2.73. The van der Waals surface area contributed by atoms with Gasteiger partial charge in [0.05, 0.1) is 10.6 Å². The summed E-state index contributed by atoms with van der Waals surface area (Å²) in [4.78, 5) is 15.2. The fourth-order valence-electron chi connectivity index (χ4n) is 1.87. The van der Waals surface area contributed by atoms with Crippen LogP contribution in [0.2, 0.25) is 5.02 Å². The predicted molar refractivity (Wildman–Crippen MR) is 94.6 cm³/mol. The molecule has 1 amide bonds. The largest absolute Gasteiger partial charge is 0.385 e. The number of carbonyl (C=O) groups excluding carboxylic acids is 1. The Morgan fingerprint density at radius 1 is 1.48 bits per heavy atom. The molecule has 1 atom stereocenters. The monoisotopic (exact) mass is 337 g/mol. The van der Waals surface area contributed by atoms with E-state index in [4.69, 9.17) is 22.1 Å². The highest BCUT2D eigenvalue weighted by Gasteiger charge is 2.08. The van der Waals surface area contributed by atoms with Gasteiger partial charge in [-0.3, -0.25) is 4.79 Å². The first-order valence-corrected chi connectivity index (χ1v) is 7.79. The number of pyridine rings is 1. The Kier molecular flexibility index (Phi) is 7.78. The zero-order chi connectivity index (χ0) is 17.4. The van der Waals surface area contributed by atoms with Gasteiger partial charge in [-0.15, -0.1) is 0 Å². The van der Waals surface area contributed by atoms with E-state index < -0.39 is 5.91 Å². The van der Waals surface area contributed by atoms with Gasteiger partial charge in [0.15, 0.2) is 0 Å². The van der Waals surface area contributed by atoms with Crippen LogP contribution in [0.25, 0.3) is 0 Å². The number of methoxy groups -OCH3 is 1. The first kappa shape index (κ1) is 19.2. The third kappa shape index (κ3) is 6.42. The lowest BCUT2D eigenvalue weighted by Crippen LogP contribution is -2.12. The molecule has 0 saturated heterocycles. The Hall–Kier alpha value is -1.85. The highest BCUT2D eigenvalue weighted by Crippen LogP contribution is 2.19. The van der Waals surface area contributed by atoms with E-state index in [-0.39, 0.29) is 10.6 Å². The number of carbonyl (C=O) groups is 1. The minimum Gasteiger partial charge on any atom is -0.385 e. The molecule has 3 N–H and O–H groups in total. The van der Waals surface area contributed by atoms with Crippen molar-refractivity contribution < 1.29 is 9.53 Å². The molecule has 1 heterocycles. The topological polar surface area (TPSA) is 77.2 Å². The van der Waals surface area contributed by atoms with E-state index in [1.54, 1.807) is 13.2 Å². The first-order chi connectivity index (χ1) is 10.8. The molecule has 0 spiro atoms. The van der Waals surface area contributed by atoms with E-state index >= 15 is 0 Å². The van der Waals surface area contributed by atoms with Gasteiger partial charge in [-0.1, -0.05) is 30.2 Å². The van der Waals surface area contributed by atoms with E-state index in [9.17, 15) is 4.79 Å². The van der Waals surface area contributed by atoms with Crippen LogP contribution in [0.3, 0.4) is 0 Å². The van der Waals surface area contributed by atoms with Crippen molar-refractivity contribution in [3.63, 3.8) is 0 Å². The number of nitrogens with two attached hydrogens (primary N) is 1. The molecule has 0 fully saturated rings.